The van der Waals surface area contributed by atoms with Gasteiger partial charge in [-0.2, -0.15) is 5.10 Å². The molecule has 0 radical (unpaired) electrons. The van der Waals surface area contributed by atoms with Crippen LogP contribution < -0.4 is 14.9 Å². The average Bonchev–Trinajstić information content (AvgIpc) is 2.73. The van der Waals surface area contributed by atoms with E-state index in [1.54, 1.807) is 31.5 Å². The highest BCUT2D eigenvalue weighted by atomic mass is 35.5. The fourth-order valence-electron chi connectivity index (χ4n) is 2.60. The van der Waals surface area contributed by atoms with Gasteiger partial charge in [-0.25, -0.2) is 4.79 Å². The molecule has 3 aromatic rings. The number of carboxylic acid groups (broad SMARTS) is 1. The number of nitrogens with zero attached hydrogens (tertiary/aromatic N) is 1. The Bertz CT molecular complexity index is 1020. The van der Waals surface area contributed by atoms with Crippen LogP contribution in [-0.4, -0.2) is 24.4 Å². The van der Waals surface area contributed by atoms with Crippen molar-refractivity contribution >= 4 is 29.5 Å². The average molecular weight is 411 g/mol. The van der Waals surface area contributed by atoms with E-state index in [-0.39, 0.29) is 5.56 Å². The molecule has 0 aliphatic heterocycles. The summed E-state index contributed by atoms with van der Waals surface area (Å²) in [7, 11) is 1.57. The largest absolute Gasteiger partial charge is 0.493 e. The number of hydrazone groups is 1. The molecule has 3 rings (SSSR count). The summed E-state index contributed by atoms with van der Waals surface area (Å²) in [4.78, 5) is 10.9. The van der Waals surface area contributed by atoms with Crippen molar-refractivity contribution in [2.75, 3.05) is 12.5 Å². The Morgan fingerprint density at radius 3 is 2.59 bits per heavy atom. The topological polar surface area (TPSA) is 80.2 Å². The van der Waals surface area contributed by atoms with Crippen LogP contribution in [0.3, 0.4) is 0 Å². The minimum absolute atomic E-state index is 0.212. The molecular weight excluding hydrogens is 392 g/mol. The van der Waals surface area contributed by atoms with Crippen LogP contribution in [0.4, 0.5) is 5.69 Å². The Morgan fingerprint density at radius 2 is 1.90 bits per heavy atom. The highest BCUT2D eigenvalue weighted by Crippen LogP contribution is 2.31. The zero-order valence-electron chi connectivity index (χ0n) is 15.6. The molecule has 0 saturated heterocycles. The molecule has 0 unspecified atom stereocenters. The number of carboxylic acids is 1. The number of anilines is 1. The maximum Gasteiger partial charge on any atom is 0.335 e. The number of ether oxygens (including phenoxy) is 2. The summed E-state index contributed by atoms with van der Waals surface area (Å²) in [5, 5.41) is 13.8. The van der Waals surface area contributed by atoms with Gasteiger partial charge in [0.15, 0.2) is 11.5 Å². The van der Waals surface area contributed by atoms with Crippen molar-refractivity contribution in [1.82, 2.24) is 0 Å². The fraction of sp³-hybridized carbons (Fsp3) is 0.0909. The Kier molecular flexibility index (Phi) is 6.71. The molecule has 0 saturated carbocycles. The van der Waals surface area contributed by atoms with E-state index < -0.39 is 5.97 Å². The van der Waals surface area contributed by atoms with Crippen molar-refractivity contribution < 1.29 is 19.4 Å². The van der Waals surface area contributed by atoms with E-state index in [1.165, 1.54) is 12.1 Å². The molecule has 6 nitrogen and oxygen atoms in total. The third kappa shape index (κ3) is 5.49. The molecule has 148 valence electrons. The quantitative estimate of drug-likeness (QED) is 0.400. The molecule has 0 fully saturated rings. The third-order valence-electron chi connectivity index (χ3n) is 4.03. The highest BCUT2D eigenvalue weighted by Gasteiger charge is 2.10. The zero-order chi connectivity index (χ0) is 20.6. The molecule has 0 aromatic heterocycles. The van der Waals surface area contributed by atoms with Crippen molar-refractivity contribution in [2.24, 2.45) is 5.10 Å². The van der Waals surface area contributed by atoms with Crippen LogP contribution in [-0.2, 0) is 6.61 Å². The van der Waals surface area contributed by atoms with E-state index in [2.05, 4.69) is 10.5 Å². The van der Waals surface area contributed by atoms with Crippen LogP contribution in [0.2, 0.25) is 5.02 Å². The van der Waals surface area contributed by atoms with Gasteiger partial charge in [-0.3, -0.25) is 5.43 Å². The maximum atomic E-state index is 10.9. The number of para-hydroxylation sites is 1. The van der Waals surface area contributed by atoms with Gasteiger partial charge in [-0.15, -0.1) is 0 Å². The maximum absolute atomic E-state index is 10.9. The Balaban J connectivity index is 1.74. The van der Waals surface area contributed by atoms with Crippen LogP contribution in [0.15, 0.2) is 71.8 Å². The van der Waals surface area contributed by atoms with Gasteiger partial charge in [0.25, 0.3) is 0 Å². The fourth-order valence-corrected chi connectivity index (χ4v) is 2.81. The highest BCUT2D eigenvalue weighted by molar-refractivity contribution is 6.30. The molecule has 0 amide bonds. The summed E-state index contributed by atoms with van der Waals surface area (Å²) < 4.78 is 11.4. The molecule has 2 N–H and O–H groups in total. The van der Waals surface area contributed by atoms with Gasteiger partial charge in [0.2, 0.25) is 0 Å². The van der Waals surface area contributed by atoms with Crippen LogP contribution >= 0.6 is 11.6 Å². The number of methoxy groups -OCH3 is 1. The number of carbonyl (C=O) groups is 1. The molecular formula is C22H19ClN2O4. The number of benzene rings is 3. The lowest BCUT2D eigenvalue weighted by atomic mass is 10.2. The van der Waals surface area contributed by atoms with Crippen molar-refractivity contribution in [3.8, 4) is 11.5 Å². The van der Waals surface area contributed by atoms with Gasteiger partial charge in [0.05, 0.1) is 24.6 Å². The molecule has 0 bridgehead atoms. The van der Waals surface area contributed by atoms with Gasteiger partial charge in [0.1, 0.15) is 6.61 Å². The van der Waals surface area contributed by atoms with E-state index in [0.29, 0.717) is 28.8 Å². The standard InChI is InChI=1S/C22H19ClN2O4/c1-28-20-7-3-5-17(21(20)29-14-15-4-2-6-18(23)12-15)13-24-25-19-10-8-16(9-11-19)22(26)27/h2-13,25H,14H2,1H3,(H,26,27)/b24-13+. The second-order valence-electron chi connectivity index (χ2n) is 6.05. The van der Waals surface area contributed by atoms with E-state index in [4.69, 9.17) is 26.2 Å². The summed E-state index contributed by atoms with van der Waals surface area (Å²) >= 11 is 6.03. The predicted molar refractivity (Wildman–Crippen MR) is 113 cm³/mol. The molecule has 3 aromatic carbocycles. The first kappa shape index (κ1) is 20.2. The number of hydrogen-bond donors (Lipinski definition) is 2. The molecule has 0 atom stereocenters. The molecule has 0 heterocycles. The Labute approximate surface area is 173 Å². The molecule has 0 aliphatic carbocycles. The van der Waals surface area contributed by atoms with Crippen LogP contribution in [0.5, 0.6) is 11.5 Å². The Hall–Kier alpha value is -3.51. The third-order valence-corrected chi connectivity index (χ3v) is 4.27. The van der Waals surface area contributed by atoms with Gasteiger partial charge in [-0.1, -0.05) is 29.8 Å². The molecule has 7 heteroatoms. The van der Waals surface area contributed by atoms with E-state index in [9.17, 15) is 4.79 Å². The molecule has 29 heavy (non-hydrogen) atoms. The smallest absolute Gasteiger partial charge is 0.335 e. The van der Waals surface area contributed by atoms with Crippen molar-refractivity contribution in [2.45, 2.75) is 6.61 Å². The van der Waals surface area contributed by atoms with Crippen molar-refractivity contribution in [3.63, 3.8) is 0 Å². The Morgan fingerprint density at radius 1 is 1.14 bits per heavy atom. The lowest BCUT2D eigenvalue weighted by molar-refractivity contribution is 0.0697. The van der Waals surface area contributed by atoms with Gasteiger partial charge in [0, 0.05) is 10.6 Å². The lowest BCUT2D eigenvalue weighted by Gasteiger charge is -2.13. The van der Waals surface area contributed by atoms with Gasteiger partial charge >= 0.3 is 5.97 Å². The lowest BCUT2D eigenvalue weighted by Crippen LogP contribution is -2.01. The first-order chi connectivity index (χ1) is 14.1. The summed E-state index contributed by atoms with van der Waals surface area (Å²) in [6.07, 6.45) is 1.61. The normalized spacial score (nSPS) is 10.7. The number of halogens is 1. The first-order valence-corrected chi connectivity index (χ1v) is 9.11. The number of nitrogens with one attached hydrogen (secondary N) is 1. The number of rotatable bonds is 8. The van der Waals surface area contributed by atoms with Crippen molar-refractivity contribution in [3.05, 3.63) is 88.4 Å². The summed E-state index contributed by atoms with van der Waals surface area (Å²) in [6, 6.07) is 19.2. The number of hydrogen-bond acceptors (Lipinski definition) is 5. The van der Waals surface area contributed by atoms with Gasteiger partial charge in [-0.05, 0) is 54.1 Å². The first-order valence-electron chi connectivity index (χ1n) is 8.73. The van der Waals surface area contributed by atoms with E-state index in [0.717, 1.165) is 11.1 Å². The molecule has 0 aliphatic rings. The second-order valence-corrected chi connectivity index (χ2v) is 6.49. The monoisotopic (exact) mass is 410 g/mol. The van der Waals surface area contributed by atoms with E-state index >= 15 is 0 Å². The zero-order valence-corrected chi connectivity index (χ0v) is 16.4. The van der Waals surface area contributed by atoms with Crippen LogP contribution in [0, 0.1) is 0 Å². The van der Waals surface area contributed by atoms with Crippen LogP contribution in [0.1, 0.15) is 21.5 Å². The summed E-state index contributed by atoms with van der Waals surface area (Å²) in [6.45, 7) is 0.325. The second kappa shape index (κ2) is 9.61. The van der Waals surface area contributed by atoms with Crippen LogP contribution in [0.25, 0.3) is 0 Å². The van der Waals surface area contributed by atoms with Gasteiger partial charge < -0.3 is 14.6 Å². The predicted octanol–water partition coefficient (Wildman–Crippen LogP) is 5.07. The minimum atomic E-state index is -0.974. The SMILES string of the molecule is COc1cccc(/C=N/Nc2ccc(C(=O)O)cc2)c1OCc1cccc(Cl)c1. The molecule has 0 spiro atoms. The summed E-state index contributed by atoms with van der Waals surface area (Å²) in [5.74, 6) is 0.168. The van der Waals surface area contributed by atoms with Crippen molar-refractivity contribution in [1.29, 1.82) is 0 Å². The summed E-state index contributed by atoms with van der Waals surface area (Å²) in [5.41, 5.74) is 5.40. The number of aromatic carboxylic acids is 1. The van der Waals surface area contributed by atoms with E-state index in [1.807, 2.05) is 36.4 Å². The minimum Gasteiger partial charge on any atom is -0.493 e.